The summed E-state index contributed by atoms with van der Waals surface area (Å²) in [4.78, 5) is 19.8. The van der Waals surface area contributed by atoms with Crippen LogP contribution in [0.25, 0.3) is 27.8 Å². The van der Waals surface area contributed by atoms with Gasteiger partial charge in [0.1, 0.15) is 23.5 Å². The molecule has 1 saturated heterocycles. The number of pyridine rings is 1. The van der Waals surface area contributed by atoms with Crippen LogP contribution in [0.2, 0.25) is 0 Å². The van der Waals surface area contributed by atoms with E-state index in [0.717, 1.165) is 34.4 Å². The molecule has 1 amide bonds. The van der Waals surface area contributed by atoms with Gasteiger partial charge in [0.15, 0.2) is 5.65 Å². The fourth-order valence-corrected chi connectivity index (χ4v) is 6.06. The monoisotopic (exact) mass is 531 g/mol. The van der Waals surface area contributed by atoms with Crippen molar-refractivity contribution < 1.29 is 13.6 Å². The molecule has 8 nitrogen and oxygen atoms in total. The van der Waals surface area contributed by atoms with E-state index in [2.05, 4.69) is 30.5 Å². The van der Waals surface area contributed by atoms with Crippen LogP contribution in [0.1, 0.15) is 35.9 Å². The summed E-state index contributed by atoms with van der Waals surface area (Å²) in [6.45, 7) is 4.89. The van der Waals surface area contributed by atoms with Crippen LogP contribution in [0.4, 0.5) is 8.78 Å². The normalized spacial score (nSPS) is 25.8. The van der Waals surface area contributed by atoms with Crippen LogP contribution in [-0.2, 0) is 0 Å². The predicted molar refractivity (Wildman–Crippen MR) is 146 cm³/mol. The molecule has 3 aromatic heterocycles. The number of nitrogens with zero attached hydrogens (tertiary/aromatic N) is 5. The van der Waals surface area contributed by atoms with Crippen LogP contribution >= 0.6 is 0 Å². The minimum Gasteiger partial charge on any atom is -0.348 e. The number of likely N-dealkylation sites (tertiary alicyclic amines) is 1. The maximum Gasteiger partial charge on any atom is 0.251 e. The lowest BCUT2D eigenvalue weighted by Gasteiger charge is -2.41. The smallest absolute Gasteiger partial charge is 0.251 e. The highest BCUT2D eigenvalue weighted by molar-refractivity contribution is 6.01. The number of nitrogens with one attached hydrogen (secondary N) is 2. The van der Waals surface area contributed by atoms with Crippen molar-refractivity contribution in [2.24, 2.45) is 11.3 Å². The Bertz CT molecular complexity index is 1620. The van der Waals surface area contributed by atoms with Gasteiger partial charge in [-0.3, -0.25) is 9.89 Å². The first-order valence-corrected chi connectivity index (χ1v) is 13.2. The number of benzene rings is 1. The average molecular weight is 532 g/mol. The summed E-state index contributed by atoms with van der Waals surface area (Å²) < 4.78 is 31.1. The van der Waals surface area contributed by atoms with E-state index in [1.807, 2.05) is 44.4 Å². The van der Waals surface area contributed by atoms with Crippen molar-refractivity contribution in [3.8, 4) is 11.3 Å². The van der Waals surface area contributed by atoms with Crippen molar-refractivity contribution in [2.75, 3.05) is 20.1 Å². The van der Waals surface area contributed by atoms with Gasteiger partial charge in [-0.05, 0) is 75.2 Å². The summed E-state index contributed by atoms with van der Waals surface area (Å²) in [5.41, 5.74) is 2.49. The number of aromatic amines is 1. The van der Waals surface area contributed by atoms with Gasteiger partial charge in [0.25, 0.3) is 5.91 Å². The van der Waals surface area contributed by atoms with E-state index >= 15 is 0 Å². The second kappa shape index (κ2) is 9.68. The maximum atomic E-state index is 14.7. The number of hydrogen-bond acceptors (Lipinski definition) is 5. The van der Waals surface area contributed by atoms with Crippen LogP contribution in [0, 0.1) is 18.3 Å². The Morgan fingerprint density at radius 3 is 2.92 bits per heavy atom. The number of likely N-dealkylation sites (N-methyl/N-ethyl adjacent to an activating group) is 1. The number of piperidine rings is 1. The zero-order chi connectivity index (χ0) is 27.3. The molecule has 4 heterocycles. The zero-order valence-corrected chi connectivity index (χ0v) is 22.2. The number of fused-ring (bicyclic) bond motifs is 2. The first-order valence-electron chi connectivity index (χ1n) is 13.2. The van der Waals surface area contributed by atoms with Crippen LogP contribution in [-0.4, -0.2) is 68.0 Å². The van der Waals surface area contributed by atoms with Crippen molar-refractivity contribution in [3.05, 3.63) is 72.0 Å². The molecule has 39 heavy (non-hydrogen) atoms. The number of hydrogen-bond donors (Lipinski definition) is 2. The second-order valence-electron chi connectivity index (χ2n) is 11.1. The molecule has 4 unspecified atom stereocenters. The standard InChI is InChI=1S/C29H31F2N7O/c1-17-32-26-10-8-20(15-38(26)36-17)27-22-12-19(7-9-23(22)34-35-27)28(39)33-21-11-18(14-37(3)16-21)13-29(2)24(30)5-4-6-25(29)31/h4-10,12,15,18,21,24H,11,13-14,16H2,1-3H3,(H,33,39)(H,34,35). The first-order chi connectivity index (χ1) is 18.7. The molecule has 4 atom stereocenters. The third-order valence-electron chi connectivity index (χ3n) is 7.98. The molecule has 2 aliphatic rings. The minimum absolute atomic E-state index is 0.0428. The lowest BCUT2D eigenvalue weighted by molar-refractivity contribution is 0.0774. The van der Waals surface area contributed by atoms with Gasteiger partial charge in [-0.1, -0.05) is 13.0 Å². The molecule has 202 valence electrons. The van der Waals surface area contributed by atoms with E-state index in [0.29, 0.717) is 30.8 Å². The number of allylic oxidation sites excluding steroid dienone is 4. The summed E-state index contributed by atoms with van der Waals surface area (Å²) in [5.74, 6) is 0.117. The number of halogens is 2. The van der Waals surface area contributed by atoms with Crippen molar-refractivity contribution >= 4 is 22.5 Å². The summed E-state index contributed by atoms with van der Waals surface area (Å²) in [5, 5.41) is 15.9. The fourth-order valence-electron chi connectivity index (χ4n) is 6.06. The van der Waals surface area contributed by atoms with Crippen molar-refractivity contribution in [1.29, 1.82) is 0 Å². The number of rotatable bonds is 5. The van der Waals surface area contributed by atoms with E-state index in [9.17, 15) is 13.6 Å². The number of carbonyl (C=O) groups is 1. The molecular formula is C29H31F2N7O. The van der Waals surface area contributed by atoms with Crippen LogP contribution < -0.4 is 5.32 Å². The van der Waals surface area contributed by atoms with Gasteiger partial charge >= 0.3 is 0 Å². The topological polar surface area (TPSA) is 91.2 Å². The van der Waals surface area contributed by atoms with Crippen molar-refractivity contribution in [1.82, 2.24) is 35.0 Å². The number of alkyl halides is 1. The summed E-state index contributed by atoms with van der Waals surface area (Å²) in [6.07, 6.45) is 5.75. The molecule has 10 heteroatoms. The molecule has 1 aliphatic heterocycles. The Hall–Kier alpha value is -3.92. The molecule has 1 aromatic carbocycles. The van der Waals surface area contributed by atoms with Gasteiger partial charge in [-0.15, -0.1) is 0 Å². The molecule has 0 spiro atoms. The molecular weight excluding hydrogens is 500 g/mol. The van der Waals surface area contributed by atoms with E-state index in [-0.39, 0.29) is 17.9 Å². The Balaban J connectivity index is 1.20. The molecule has 0 bridgehead atoms. The zero-order valence-electron chi connectivity index (χ0n) is 22.2. The van der Waals surface area contributed by atoms with E-state index in [4.69, 9.17) is 0 Å². The molecule has 4 aromatic rings. The second-order valence-corrected chi connectivity index (χ2v) is 11.1. The highest BCUT2D eigenvalue weighted by atomic mass is 19.1. The van der Waals surface area contributed by atoms with Gasteiger partial charge < -0.3 is 10.2 Å². The number of amides is 1. The van der Waals surface area contributed by atoms with E-state index in [1.165, 1.54) is 18.2 Å². The number of H-pyrrole nitrogens is 1. The molecule has 6 rings (SSSR count). The third kappa shape index (κ3) is 4.73. The van der Waals surface area contributed by atoms with Crippen molar-refractivity contribution in [2.45, 2.75) is 38.9 Å². The number of aromatic nitrogens is 5. The Morgan fingerprint density at radius 1 is 1.26 bits per heavy atom. The van der Waals surface area contributed by atoms with Gasteiger partial charge in [-0.2, -0.15) is 10.2 Å². The van der Waals surface area contributed by atoms with Gasteiger partial charge in [0, 0.05) is 41.8 Å². The maximum absolute atomic E-state index is 14.7. The number of carbonyl (C=O) groups excluding carboxylic acids is 1. The van der Waals surface area contributed by atoms with Crippen LogP contribution in [0.3, 0.4) is 0 Å². The average Bonchev–Trinajstić information content (AvgIpc) is 3.48. The summed E-state index contributed by atoms with van der Waals surface area (Å²) in [6, 6.07) is 9.16. The Kier molecular flexibility index (Phi) is 6.29. The SMILES string of the molecule is Cc1nc2ccc(-c3n[nH]c4ccc(C(=O)NC5CC(CC6(C)C(F)=CC=CC6F)CN(C)C5)cc34)cn2n1. The molecule has 0 radical (unpaired) electrons. The lowest BCUT2D eigenvalue weighted by Crippen LogP contribution is -2.50. The molecule has 1 fully saturated rings. The Labute approximate surface area is 224 Å². The first kappa shape index (κ1) is 25.4. The van der Waals surface area contributed by atoms with Crippen LogP contribution in [0.5, 0.6) is 0 Å². The van der Waals surface area contributed by atoms with Crippen LogP contribution in [0.15, 0.2) is 60.6 Å². The lowest BCUT2D eigenvalue weighted by atomic mass is 9.72. The highest BCUT2D eigenvalue weighted by Gasteiger charge is 2.42. The third-order valence-corrected chi connectivity index (χ3v) is 7.98. The predicted octanol–water partition coefficient (Wildman–Crippen LogP) is 4.79. The van der Waals surface area contributed by atoms with E-state index < -0.39 is 17.4 Å². The highest BCUT2D eigenvalue weighted by Crippen LogP contribution is 2.44. The van der Waals surface area contributed by atoms with Gasteiger partial charge in [0.2, 0.25) is 0 Å². The summed E-state index contributed by atoms with van der Waals surface area (Å²) in [7, 11) is 1.98. The quantitative estimate of drug-likeness (QED) is 0.387. The fraction of sp³-hybridized carbons (Fsp3) is 0.379. The van der Waals surface area contributed by atoms with Gasteiger partial charge in [-0.25, -0.2) is 18.3 Å². The molecule has 0 saturated carbocycles. The largest absolute Gasteiger partial charge is 0.348 e. The van der Waals surface area contributed by atoms with Gasteiger partial charge in [0.05, 0.1) is 10.9 Å². The molecule has 1 aliphatic carbocycles. The van der Waals surface area contributed by atoms with Crippen molar-refractivity contribution in [3.63, 3.8) is 0 Å². The number of aryl methyl sites for hydroxylation is 1. The summed E-state index contributed by atoms with van der Waals surface area (Å²) >= 11 is 0. The molecule has 2 N–H and O–H groups in total. The van der Waals surface area contributed by atoms with E-state index in [1.54, 1.807) is 17.5 Å². The minimum atomic E-state index is -1.37. The Morgan fingerprint density at radius 2 is 2.10 bits per heavy atom.